The highest BCUT2D eigenvalue weighted by molar-refractivity contribution is 5.75. The van der Waals surface area contributed by atoms with Crippen molar-refractivity contribution in [1.82, 2.24) is 14.3 Å². The molecule has 3 rings (SSSR count). The van der Waals surface area contributed by atoms with Crippen molar-refractivity contribution in [2.24, 2.45) is 5.92 Å². The second-order valence-corrected chi connectivity index (χ2v) is 5.52. The minimum absolute atomic E-state index is 0.671. The van der Waals surface area contributed by atoms with Crippen molar-refractivity contribution in [1.29, 1.82) is 0 Å². The van der Waals surface area contributed by atoms with Crippen molar-refractivity contribution in [3.63, 3.8) is 0 Å². The Labute approximate surface area is 113 Å². The molecule has 1 unspecified atom stereocenters. The standard InChI is InChI=1S/C15H19N3O/c1-17-6-2-3-12(9-17)7-15-16-8-14-5-4-13(11-19)10-18(14)15/h4-5,8,10-12H,2-3,6-7,9H2,1H3. The van der Waals surface area contributed by atoms with Crippen LogP contribution in [0, 0.1) is 5.92 Å². The Morgan fingerprint density at radius 2 is 2.37 bits per heavy atom. The molecule has 3 heterocycles. The van der Waals surface area contributed by atoms with Crippen LogP contribution >= 0.6 is 0 Å². The van der Waals surface area contributed by atoms with Crippen LogP contribution < -0.4 is 0 Å². The molecule has 0 aliphatic carbocycles. The lowest BCUT2D eigenvalue weighted by Crippen LogP contribution is -2.33. The topological polar surface area (TPSA) is 37.6 Å². The van der Waals surface area contributed by atoms with Crippen LogP contribution in [0.5, 0.6) is 0 Å². The number of hydrogen-bond acceptors (Lipinski definition) is 3. The van der Waals surface area contributed by atoms with Gasteiger partial charge in [0.25, 0.3) is 0 Å². The molecule has 0 bridgehead atoms. The summed E-state index contributed by atoms with van der Waals surface area (Å²) in [5.41, 5.74) is 1.76. The fraction of sp³-hybridized carbons (Fsp3) is 0.467. The monoisotopic (exact) mass is 257 g/mol. The molecule has 1 fully saturated rings. The van der Waals surface area contributed by atoms with Gasteiger partial charge in [-0.25, -0.2) is 4.98 Å². The lowest BCUT2D eigenvalue weighted by molar-refractivity contribution is 0.112. The Balaban J connectivity index is 1.85. The number of piperidine rings is 1. The fourth-order valence-electron chi connectivity index (χ4n) is 2.98. The van der Waals surface area contributed by atoms with E-state index in [1.807, 2.05) is 24.5 Å². The molecular weight excluding hydrogens is 238 g/mol. The number of fused-ring (bicyclic) bond motifs is 1. The van der Waals surface area contributed by atoms with Crippen molar-refractivity contribution >= 4 is 11.8 Å². The molecule has 19 heavy (non-hydrogen) atoms. The first-order valence-corrected chi connectivity index (χ1v) is 6.86. The van der Waals surface area contributed by atoms with Crippen LogP contribution in [0.15, 0.2) is 24.5 Å². The maximum absolute atomic E-state index is 10.9. The van der Waals surface area contributed by atoms with Crippen molar-refractivity contribution in [3.05, 3.63) is 35.9 Å². The first kappa shape index (κ1) is 12.4. The number of rotatable bonds is 3. The molecule has 1 atom stereocenters. The highest BCUT2D eigenvalue weighted by atomic mass is 16.1. The third-order valence-corrected chi connectivity index (χ3v) is 3.96. The van der Waals surface area contributed by atoms with Gasteiger partial charge in [0.1, 0.15) is 5.82 Å². The van der Waals surface area contributed by atoms with Crippen molar-refractivity contribution < 1.29 is 4.79 Å². The van der Waals surface area contributed by atoms with Gasteiger partial charge in [-0.05, 0) is 44.5 Å². The number of carbonyl (C=O) groups excluding carboxylic acids is 1. The molecule has 4 heteroatoms. The number of pyridine rings is 1. The summed E-state index contributed by atoms with van der Waals surface area (Å²) in [6, 6.07) is 3.79. The Morgan fingerprint density at radius 1 is 1.47 bits per heavy atom. The number of aromatic nitrogens is 2. The molecule has 0 saturated carbocycles. The predicted octanol–water partition coefficient (Wildman–Crippen LogP) is 2.03. The van der Waals surface area contributed by atoms with E-state index in [0.717, 1.165) is 30.6 Å². The third kappa shape index (κ3) is 2.54. The summed E-state index contributed by atoms with van der Waals surface area (Å²) in [6.07, 6.45) is 8.18. The second kappa shape index (κ2) is 5.13. The molecule has 0 radical (unpaired) electrons. The quantitative estimate of drug-likeness (QED) is 0.790. The summed E-state index contributed by atoms with van der Waals surface area (Å²) < 4.78 is 2.05. The Hall–Kier alpha value is -1.68. The summed E-state index contributed by atoms with van der Waals surface area (Å²) in [5.74, 6) is 1.74. The van der Waals surface area contributed by atoms with Crippen LogP contribution in [0.4, 0.5) is 0 Å². The van der Waals surface area contributed by atoms with E-state index >= 15 is 0 Å². The predicted molar refractivity (Wildman–Crippen MR) is 74.5 cm³/mol. The van der Waals surface area contributed by atoms with Gasteiger partial charge in [0.15, 0.2) is 6.29 Å². The third-order valence-electron chi connectivity index (χ3n) is 3.96. The molecule has 0 aromatic carbocycles. The van der Waals surface area contributed by atoms with E-state index in [2.05, 4.69) is 21.3 Å². The number of carbonyl (C=O) groups is 1. The van der Waals surface area contributed by atoms with Gasteiger partial charge >= 0.3 is 0 Å². The Kier molecular flexibility index (Phi) is 3.34. The number of imidazole rings is 1. The molecule has 1 aliphatic heterocycles. The van der Waals surface area contributed by atoms with E-state index < -0.39 is 0 Å². The number of likely N-dealkylation sites (tertiary alicyclic amines) is 1. The zero-order valence-corrected chi connectivity index (χ0v) is 11.2. The maximum atomic E-state index is 10.9. The minimum atomic E-state index is 0.671. The summed E-state index contributed by atoms with van der Waals surface area (Å²) in [6.45, 7) is 2.34. The van der Waals surface area contributed by atoms with Crippen molar-refractivity contribution in [3.8, 4) is 0 Å². The SMILES string of the molecule is CN1CCCC(Cc2ncc3ccc(C=O)cn23)C1. The van der Waals surface area contributed by atoms with Crippen LogP contribution in [-0.4, -0.2) is 40.7 Å². The van der Waals surface area contributed by atoms with Gasteiger partial charge in [-0.3, -0.25) is 4.79 Å². The normalized spacial score (nSPS) is 20.8. The Morgan fingerprint density at radius 3 is 3.16 bits per heavy atom. The number of aldehydes is 1. The van der Waals surface area contributed by atoms with Crippen LogP contribution in [-0.2, 0) is 6.42 Å². The molecule has 2 aromatic heterocycles. The summed E-state index contributed by atoms with van der Waals surface area (Å²) in [4.78, 5) is 17.8. The van der Waals surface area contributed by atoms with E-state index in [1.54, 1.807) is 0 Å². The van der Waals surface area contributed by atoms with Gasteiger partial charge in [0, 0.05) is 24.7 Å². The molecule has 0 spiro atoms. The van der Waals surface area contributed by atoms with Crippen molar-refractivity contribution in [2.75, 3.05) is 20.1 Å². The zero-order valence-electron chi connectivity index (χ0n) is 11.2. The Bertz CT molecular complexity index is 590. The fourth-order valence-corrected chi connectivity index (χ4v) is 2.98. The van der Waals surface area contributed by atoms with Gasteiger partial charge in [-0.2, -0.15) is 0 Å². The lowest BCUT2D eigenvalue weighted by atomic mass is 9.95. The van der Waals surface area contributed by atoms with Crippen LogP contribution in [0.2, 0.25) is 0 Å². The van der Waals surface area contributed by atoms with E-state index in [-0.39, 0.29) is 0 Å². The van der Waals surface area contributed by atoms with E-state index in [9.17, 15) is 4.79 Å². The van der Waals surface area contributed by atoms with Crippen LogP contribution in [0.25, 0.3) is 5.52 Å². The van der Waals surface area contributed by atoms with E-state index in [1.165, 1.54) is 19.4 Å². The van der Waals surface area contributed by atoms with Crippen molar-refractivity contribution in [2.45, 2.75) is 19.3 Å². The second-order valence-electron chi connectivity index (χ2n) is 5.52. The smallest absolute Gasteiger partial charge is 0.151 e. The van der Waals surface area contributed by atoms with Crippen LogP contribution in [0.3, 0.4) is 0 Å². The summed E-state index contributed by atoms with van der Waals surface area (Å²) >= 11 is 0. The molecule has 1 saturated heterocycles. The largest absolute Gasteiger partial charge is 0.306 e. The maximum Gasteiger partial charge on any atom is 0.151 e. The minimum Gasteiger partial charge on any atom is -0.306 e. The van der Waals surface area contributed by atoms with Gasteiger partial charge < -0.3 is 9.30 Å². The average molecular weight is 257 g/mol. The first-order valence-electron chi connectivity index (χ1n) is 6.86. The molecular formula is C15H19N3O. The molecule has 100 valence electrons. The molecule has 4 nitrogen and oxygen atoms in total. The van der Waals surface area contributed by atoms with Gasteiger partial charge in [0.2, 0.25) is 0 Å². The zero-order chi connectivity index (χ0) is 13.2. The highest BCUT2D eigenvalue weighted by Crippen LogP contribution is 2.20. The molecule has 1 aliphatic rings. The molecule has 2 aromatic rings. The first-order chi connectivity index (χ1) is 9.26. The van der Waals surface area contributed by atoms with Gasteiger partial charge in [0.05, 0.1) is 11.7 Å². The van der Waals surface area contributed by atoms with Crippen LogP contribution in [0.1, 0.15) is 29.0 Å². The lowest BCUT2D eigenvalue weighted by Gasteiger charge is -2.29. The highest BCUT2D eigenvalue weighted by Gasteiger charge is 2.19. The summed E-state index contributed by atoms with van der Waals surface area (Å²) in [5, 5.41) is 0. The number of hydrogen-bond donors (Lipinski definition) is 0. The van der Waals surface area contributed by atoms with E-state index in [0.29, 0.717) is 11.5 Å². The van der Waals surface area contributed by atoms with E-state index in [4.69, 9.17) is 0 Å². The molecule has 0 amide bonds. The average Bonchev–Trinajstić information content (AvgIpc) is 2.81. The number of nitrogens with zero attached hydrogens (tertiary/aromatic N) is 3. The molecule has 0 N–H and O–H groups in total. The summed E-state index contributed by atoms with van der Waals surface area (Å²) in [7, 11) is 2.18. The van der Waals surface area contributed by atoms with Gasteiger partial charge in [-0.15, -0.1) is 0 Å². The van der Waals surface area contributed by atoms with Gasteiger partial charge in [-0.1, -0.05) is 0 Å².